The quantitative estimate of drug-likeness (QED) is 0.274. The maximum absolute atomic E-state index is 8.19. The van der Waals surface area contributed by atoms with E-state index in [1.54, 1.807) is 11.3 Å². The molecular weight excluding hydrogens is 162 g/mol. The molecule has 0 atom stereocenters. The van der Waals surface area contributed by atoms with Gasteiger partial charge in [-0.1, -0.05) is 5.16 Å². The lowest BCUT2D eigenvalue weighted by atomic mass is 10.5. The van der Waals surface area contributed by atoms with Crippen molar-refractivity contribution >= 4 is 22.2 Å². The molecule has 1 heterocycles. The zero-order valence-electron chi connectivity index (χ0n) is 5.82. The van der Waals surface area contributed by atoms with E-state index in [-0.39, 0.29) is 5.84 Å². The molecule has 0 saturated carbocycles. The van der Waals surface area contributed by atoms with E-state index in [4.69, 9.17) is 10.9 Å². The molecule has 0 unspecified atom stereocenters. The second-order valence-electron chi connectivity index (χ2n) is 1.92. The summed E-state index contributed by atoms with van der Waals surface area (Å²) in [4.78, 5) is 0. The molecule has 0 fully saturated rings. The van der Waals surface area contributed by atoms with E-state index in [0.29, 0.717) is 6.54 Å². The summed E-state index contributed by atoms with van der Waals surface area (Å²) >= 11 is 1.57. The van der Waals surface area contributed by atoms with Crippen LogP contribution in [0.4, 0.5) is 5.00 Å². The van der Waals surface area contributed by atoms with E-state index in [0.717, 1.165) is 5.00 Å². The van der Waals surface area contributed by atoms with Gasteiger partial charge >= 0.3 is 0 Å². The molecule has 1 aromatic heterocycles. The summed E-state index contributed by atoms with van der Waals surface area (Å²) in [5.74, 6) is 0.179. The standard InChI is InChI=1S/C6H9N3OS/c7-5(9-10)4-8-6-2-1-3-11-6/h1-3,8,10H,4H2,(H2,7,9). The predicted molar refractivity (Wildman–Crippen MR) is 46.2 cm³/mol. The smallest absolute Gasteiger partial charge is 0.158 e. The number of rotatable bonds is 3. The molecular formula is C6H9N3OS. The number of nitrogens with zero attached hydrogens (tertiary/aromatic N) is 1. The van der Waals surface area contributed by atoms with E-state index in [2.05, 4.69) is 10.5 Å². The topological polar surface area (TPSA) is 70.6 Å². The van der Waals surface area contributed by atoms with Crippen LogP contribution in [0.1, 0.15) is 0 Å². The van der Waals surface area contributed by atoms with Gasteiger partial charge in [0, 0.05) is 0 Å². The third-order valence-corrected chi connectivity index (χ3v) is 1.92. The van der Waals surface area contributed by atoms with Gasteiger partial charge in [-0.3, -0.25) is 0 Å². The summed E-state index contributed by atoms with van der Waals surface area (Å²) in [5, 5.41) is 17.0. The highest BCUT2D eigenvalue weighted by Crippen LogP contribution is 2.13. The zero-order chi connectivity index (χ0) is 8.10. The van der Waals surface area contributed by atoms with Crippen molar-refractivity contribution in [1.82, 2.24) is 0 Å². The third-order valence-electron chi connectivity index (χ3n) is 1.09. The molecule has 1 aromatic rings. The highest BCUT2D eigenvalue weighted by Gasteiger charge is 1.93. The normalized spacial score (nSPS) is 11.5. The number of nitrogens with two attached hydrogens (primary N) is 1. The Morgan fingerprint density at radius 1 is 1.82 bits per heavy atom. The lowest BCUT2D eigenvalue weighted by molar-refractivity contribution is 0.317. The fourth-order valence-electron chi connectivity index (χ4n) is 0.592. The molecule has 0 bridgehead atoms. The van der Waals surface area contributed by atoms with Crippen LogP contribution in [0.3, 0.4) is 0 Å². The maximum atomic E-state index is 8.19. The average Bonchev–Trinajstić information content (AvgIpc) is 2.52. The van der Waals surface area contributed by atoms with Crippen molar-refractivity contribution in [1.29, 1.82) is 0 Å². The van der Waals surface area contributed by atoms with Crippen LogP contribution in [0.5, 0.6) is 0 Å². The summed E-state index contributed by atoms with van der Waals surface area (Å²) in [5.41, 5.74) is 5.23. The van der Waals surface area contributed by atoms with Gasteiger partial charge in [0.1, 0.15) is 0 Å². The number of thiophene rings is 1. The first-order chi connectivity index (χ1) is 5.33. The second-order valence-corrected chi connectivity index (χ2v) is 2.87. The van der Waals surface area contributed by atoms with Gasteiger partial charge in [0.05, 0.1) is 11.5 Å². The number of amidine groups is 1. The molecule has 0 saturated heterocycles. The minimum absolute atomic E-state index is 0.179. The Bertz CT molecular complexity index is 232. The summed E-state index contributed by atoms with van der Waals surface area (Å²) in [7, 11) is 0. The van der Waals surface area contributed by atoms with Crippen LogP contribution in [-0.4, -0.2) is 17.6 Å². The van der Waals surface area contributed by atoms with Gasteiger partial charge < -0.3 is 16.3 Å². The highest BCUT2D eigenvalue weighted by atomic mass is 32.1. The van der Waals surface area contributed by atoms with E-state index < -0.39 is 0 Å². The van der Waals surface area contributed by atoms with E-state index in [1.807, 2.05) is 17.5 Å². The fraction of sp³-hybridized carbons (Fsp3) is 0.167. The van der Waals surface area contributed by atoms with Crippen LogP contribution in [0.25, 0.3) is 0 Å². The fourth-order valence-corrected chi connectivity index (χ4v) is 1.21. The molecule has 11 heavy (non-hydrogen) atoms. The van der Waals surface area contributed by atoms with Gasteiger partial charge in [0.25, 0.3) is 0 Å². The Kier molecular flexibility index (Phi) is 2.74. The molecule has 5 heteroatoms. The van der Waals surface area contributed by atoms with Crippen molar-refractivity contribution in [3.05, 3.63) is 17.5 Å². The SMILES string of the molecule is NC(CNc1cccs1)=NO. The van der Waals surface area contributed by atoms with Gasteiger partial charge in [-0.25, -0.2) is 0 Å². The van der Waals surface area contributed by atoms with Gasteiger partial charge in [0.15, 0.2) is 5.84 Å². The first-order valence-electron chi connectivity index (χ1n) is 3.06. The summed E-state index contributed by atoms with van der Waals surface area (Å²) in [6, 6.07) is 3.86. The Morgan fingerprint density at radius 2 is 2.64 bits per heavy atom. The summed E-state index contributed by atoms with van der Waals surface area (Å²) < 4.78 is 0. The zero-order valence-corrected chi connectivity index (χ0v) is 6.64. The molecule has 0 spiro atoms. The Morgan fingerprint density at radius 3 is 3.18 bits per heavy atom. The predicted octanol–water partition coefficient (Wildman–Crippen LogP) is 0.906. The minimum atomic E-state index is 0.179. The monoisotopic (exact) mass is 171 g/mol. The van der Waals surface area contributed by atoms with Crippen LogP contribution in [0.15, 0.2) is 22.7 Å². The second kappa shape index (κ2) is 3.82. The first kappa shape index (κ1) is 7.87. The van der Waals surface area contributed by atoms with Gasteiger partial charge in [-0.15, -0.1) is 11.3 Å². The van der Waals surface area contributed by atoms with Crippen molar-refractivity contribution < 1.29 is 5.21 Å². The van der Waals surface area contributed by atoms with Gasteiger partial charge in [-0.2, -0.15) is 0 Å². The average molecular weight is 171 g/mol. The summed E-state index contributed by atoms with van der Waals surface area (Å²) in [6.07, 6.45) is 0. The van der Waals surface area contributed by atoms with Crippen LogP contribution in [0.2, 0.25) is 0 Å². The number of anilines is 1. The molecule has 0 amide bonds. The molecule has 4 N–H and O–H groups in total. The molecule has 0 aromatic carbocycles. The molecule has 1 rings (SSSR count). The van der Waals surface area contributed by atoms with Crippen LogP contribution in [-0.2, 0) is 0 Å². The Balaban J connectivity index is 2.35. The van der Waals surface area contributed by atoms with Crippen molar-refractivity contribution in [2.75, 3.05) is 11.9 Å². The molecule has 4 nitrogen and oxygen atoms in total. The minimum Gasteiger partial charge on any atom is -0.409 e. The molecule has 0 aliphatic carbocycles. The lowest BCUT2D eigenvalue weighted by Gasteiger charge is -1.99. The molecule has 0 aliphatic rings. The van der Waals surface area contributed by atoms with E-state index >= 15 is 0 Å². The number of nitrogens with one attached hydrogen (secondary N) is 1. The maximum Gasteiger partial charge on any atom is 0.158 e. The Hall–Kier alpha value is -1.23. The van der Waals surface area contributed by atoms with E-state index in [1.165, 1.54) is 0 Å². The van der Waals surface area contributed by atoms with Gasteiger partial charge in [0.2, 0.25) is 0 Å². The first-order valence-corrected chi connectivity index (χ1v) is 3.94. The molecule has 60 valence electrons. The third kappa shape index (κ3) is 2.46. The van der Waals surface area contributed by atoms with Crippen molar-refractivity contribution in [2.45, 2.75) is 0 Å². The molecule has 0 radical (unpaired) electrons. The van der Waals surface area contributed by atoms with Crippen molar-refractivity contribution in [3.8, 4) is 0 Å². The van der Waals surface area contributed by atoms with Crippen LogP contribution >= 0.6 is 11.3 Å². The van der Waals surface area contributed by atoms with Crippen molar-refractivity contribution in [2.24, 2.45) is 10.9 Å². The lowest BCUT2D eigenvalue weighted by Crippen LogP contribution is -2.22. The van der Waals surface area contributed by atoms with Gasteiger partial charge in [-0.05, 0) is 17.5 Å². The van der Waals surface area contributed by atoms with Crippen molar-refractivity contribution in [3.63, 3.8) is 0 Å². The number of hydrogen-bond acceptors (Lipinski definition) is 4. The number of oxime groups is 1. The molecule has 0 aliphatic heterocycles. The van der Waals surface area contributed by atoms with Crippen LogP contribution in [0, 0.1) is 0 Å². The highest BCUT2D eigenvalue weighted by molar-refractivity contribution is 7.14. The number of hydrogen-bond donors (Lipinski definition) is 3. The van der Waals surface area contributed by atoms with Crippen LogP contribution < -0.4 is 11.1 Å². The summed E-state index contributed by atoms with van der Waals surface area (Å²) in [6.45, 7) is 0.372. The van der Waals surface area contributed by atoms with E-state index in [9.17, 15) is 0 Å². The Labute approximate surface area is 68.3 Å². The largest absolute Gasteiger partial charge is 0.409 e.